The van der Waals surface area contributed by atoms with Crippen molar-refractivity contribution >= 4 is 23.2 Å². The molecule has 0 unspecified atom stereocenters. The number of thiophene rings is 1. The molecule has 0 saturated heterocycles. The average Bonchev–Trinajstić information content (AvgIpc) is 2.73. The SMILES string of the molecule is NC(=O)CCNC(=O)c1sccc1C#CCO. The van der Waals surface area contributed by atoms with Crippen molar-refractivity contribution in [3.05, 3.63) is 21.9 Å². The Morgan fingerprint density at radius 3 is 2.94 bits per heavy atom. The van der Waals surface area contributed by atoms with Crippen molar-refractivity contribution < 1.29 is 14.7 Å². The van der Waals surface area contributed by atoms with Crippen LogP contribution in [-0.2, 0) is 4.79 Å². The third-order valence-corrected chi connectivity index (χ3v) is 2.74. The number of amides is 2. The first-order chi connectivity index (χ1) is 8.15. The van der Waals surface area contributed by atoms with Crippen molar-refractivity contribution in [1.29, 1.82) is 0 Å². The molecular formula is C11H12N2O3S. The van der Waals surface area contributed by atoms with Gasteiger partial charge in [0.15, 0.2) is 0 Å². The van der Waals surface area contributed by atoms with Crippen LogP contribution in [0.3, 0.4) is 0 Å². The monoisotopic (exact) mass is 252 g/mol. The Bertz CT molecular complexity index is 471. The van der Waals surface area contributed by atoms with Gasteiger partial charge in [0.25, 0.3) is 5.91 Å². The van der Waals surface area contributed by atoms with E-state index in [-0.39, 0.29) is 25.5 Å². The first-order valence-electron chi connectivity index (χ1n) is 4.89. The lowest BCUT2D eigenvalue weighted by molar-refractivity contribution is -0.117. The van der Waals surface area contributed by atoms with Gasteiger partial charge in [0.2, 0.25) is 5.91 Å². The second kappa shape index (κ2) is 6.68. The molecule has 1 rings (SSSR count). The van der Waals surface area contributed by atoms with Crippen LogP contribution in [0.25, 0.3) is 0 Å². The molecule has 0 aliphatic heterocycles. The molecule has 0 fully saturated rings. The van der Waals surface area contributed by atoms with E-state index in [0.29, 0.717) is 10.4 Å². The van der Waals surface area contributed by atoms with E-state index in [0.717, 1.165) is 0 Å². The van der Waals surface area contributed by atoms with Crippen LogP contribution in [0.15, 0.2) is 11.4 Å². The maximum atomic E-state index is 11.7. The van der Waals surface area contributed by atoms with Gasteiger partial charge in [0.1, 0.15) is 11.5 Å². The molecule has 6 heteroatoms. The van der Waals surface area contributed by atoms with Gasteiger partial charge in [-0.1, -0.05) is 11.8 Å². The number of aliphatic hydroxyl groups is 1. The van der Waals surface area contributed by atoms with Gasteiger partial charge in [0, 0.05) is 18.5 Å². The predicted molar refractivity (Wildman–Crippen MR) is 64.4 cm³/mol. The van der Waals surface area contributed by atoms with Gasteiger partial charge in [-0.3, -0.25) is 9.59 Å². The van der Waals surface area contributed by atoms with E-state index >= 15 is 0 Å². The van der Waals surface area contributed by atoms with Crippen LogP contribution in [0.5, 0.6) is 0 Å². The number of hydrogen-bond donors (Lipinski definition) is 3. The first kappa shape index (κ1) is 13.2. The topological polar surface area (TPSA) is 92.4 Å². The van der Waals surface area contributed by atoms with Crippen LogP contribution in [0, 0.1) is 11.8 Å². The second-order valence-corrected chi connectivity index (χ2v) is 4.01. The predicted octanol–water partition coefficient (Wildman–Crippen LogP) is -0.303. The summed E-state index contributed by atoms with van der Waals surface area (Å²) in [5.41, 5.74) is 5.53. The van der Waals surface area contributed by atoms with E-state index in [1.807, 2.05) is 0 Å². The Morgan fingerprint density at radius 1 is 1.53 bits per heavy atom. The molecule has 0 aliphatic carbocycles. The number of carbonyl (C=O) groups excluding carboxylic acids is 2. The summed E-state index contributed by atoms with van der Waals surface area (Å²) in [5.74, 6) is 4.41. The lowest BCUT2D eigenvalue weighted by Gasteiger charge is -2.01. The maximum Gasteiger partial charge on any atom is 0.262 e. The first-order valence-corrected chi connectivity index (χ1v) is 5.77. The summed E-state index contributed by atoms with van der Waals surface area (Å²) in [6, 6.07) is 1.70. The number of aliphatic hydroxyl groups excluding tert-OH is 1. The maximum absolute atomic E-state index is 11.7. The average molecular weight is 252 g/mol. The third-order valence-electron chi connectivity index (χ3n) is 1.83. The van der Waals surface area contributed by atoms with E-state index in [1.165, 1.54) is 11.3 Å². The quantitative estimate of drug-likeness (QED) is 0.642. The molecule has 0 bridgehead atoms. The number of carbonyl (C=O) groups is 2. The lowest BCUT2D eigenvalue weighted by Crippen LogP contribution is -2.27. The van der Waals surface area contributed by atoms with Crippen LogP contribution in [0.4, 0.5) is 0 Å². The zero-order valence-electron chi connectivity index (χ0n) is 9.03. The molecular weight excluding hydrogens is 240 g/mol. The smallest absolute Gasteiger partial charge is 0.262 e. The molecule has 0 saturated carbocycles. The Balaban J connectivity index is 2.63. The minimum atomic E-state index is -0.461. The van der Waals surface area contributed by atoms with Gasteiger partial charge in [-0.2, -0.15) is 0 Å². The zero-order chi connectivity index (χ0) is 12.7. The Morgan fingerprint density at radius 2 is 2.29 bits per heavy atom. The van der Waals surface area contributed by atoms with Gasteiger partial charge in [-0.15, -0.1) is 11.3 Å². The van der Waals surface area contributed by atoms with Crippen LogP contribution in [0.2, 0.25) is 0 Å². The van der Waals surface area contributed by atoms with Gasteiger partial charge in [-0.05, 0) is 11.4 Å². The van der Waals surface area contributed by atoms with Crippen molar-refractivity contribution in [2.45, 2.75) is 6.42 Å². The fourth-order valence-electron chi connectivity index (χ4n) is 1.10. The Hall–Kier alpha value is -1.84. The number of hydrogen-bond acceptors (Lipinski definition) is 4. The lowest BCUT2D eigenvalue weighted by atomic mass is 10.2. The number of rotatable bonds is 4. The Kier molecular flexibility index (Phi) is 5.20. The molecule has 1 aromatic heterocycles. The molecule has 5 nitrogen and oxygen atoms in total. The highest BCUT2D eigenvalue weighted by atomic mass is 32.1. The fraction of sp³-hybridized carbons (Fsp3) is 0.273. The summed E-state index contributed by atoms with van der Waals surface area (Å²) in [4.78, 5) is 22.7. The summed E-state index contributed by atoms with van der Waals surface area (Å²) in [7, 11) is 0. The molecule has 0 aromatic carbocycles. The van der Waals surface area contributed by atoms with E-state index in [1.54, 1.807) is 11.4 Å². The summed E-state index contributed by atoms with van der Waals surface area (Å²) in [6.45, 7) is -0.0441. The van der Waals surface area contributed by atoms with E-state index in [9.17, 15) is 9.59 Å². The normalized spacial score (nSPS) is 9.24. The summed E-state index contributed by atoms with van der Waals surface area (Å²) in [6.07, 6.45) is 0.106. The van der Waals surface area contributed by atoms with E-state index in [4.69, 9.17) is 10.8 Å². The zero-order valence-corrected chi connectivity index (χ0v) is 9.84. The molecule has 0 radical (unpaired) electrons. The van der Waals surface area contributed by atoms with Gasteiger partial charge >= 0.3 is 0 Å². The number of nitrogens with one attached hydrogen (secondary N) is 1. The molecule has 0 atom stereocenters. The number of nitrogens with two attached hydrogens (primary N) is 1. The highest BCUT2D eigenvalue weighted by Crippen LogP contribution is 2.15. The van der Waals surface area contributed by atoms with Crippen molar-refractivity contribution in [1.82, 2.24) is 5.32 Å². The highest BCUT2D eigenvalue weighted by Gasteiger charge is 2.11. The molecule has 2 amide bonds. The van der Waals surface area contributed by atoms with Crippen LogP contribution >= 0.6 is 11.3 Å². The summed E-state index contributed by atoms with van der Waals surface area (Å²) in [5, 5.41) is 12.9. The summed E-state index contributed by atoms with van der Waals surface area (Å²) < 4.78 is 0. The van der Waals surface area contributed by atoms with Gasteiger partial charge in [0.05, 0.1) is 0 Å². The van der Waals surface area contributed by atoms with Crippen molar-refractivity contribution in [3.8, 4) is 11.8 Å². The van der Waals surface area contributed by atoms with E-state index in [2.05, 4.69) is 17.2 Å². The number of primary amides is 1. The third kappa shape index (κ3) is 4.26. The largest absolute Gasteiger partial charge is 0.384 e. The van der Waals surface area contributed by atoms with E-state index < -0.39 is 5.91 Å². The molecule has 0 aliphatic rings. The van der Waals surface area contributed by atoms with Crippen LogP contribution in [0.1, 0.15) is 21.7 Å². The molecule has 0 spiro atoms. The minimum Gasteiger partial charge on any atom is -0.384 e. The fourth-order valence-corrected chi connectivity index (χ4v) is 1.86. The van der Waals surface area contributed by atoms with Crippen molar-refractivity contribution in [2.75, 3.05) is 13.2 Å². The second-order valence-electron chi connectivity index (χ2n) is 3.10. The Labute approximate surface area is 103 Å². The molecule has 4 N–H and O–H groups in total. The van der Waals surface area contributed by atoms with Crippen LogP contribution in [-0.4, -0.2) is 30.1 Å². The standard InChI is InChI=1S/C11H12N2O3S/c12-9(15)3-5-13-11(16)10-8(2-1-6-14)4-7-17-10/h4,7,14H,3,5-6H2,(H2,12,15)(H,13,16). The molecule has 90 valence electrons. The molecule has 1 aromatic rings. The minimum absolute atomic E-state index is 0.106. The van der Waals surface area contributed by atoms with Crippen LogP contribution < -0.4 is 11.1 Å². The van der Waals surface area contributed by atoms with Crippen molar-refractivity contribution in [3.63, 3.8) is 0 Å². The van der Waals surface area contributed by atoms with Gasteiger partial charge < -0.3 is 16.2 Å². The van der Waals surface area contributed by atoms with Gasteiger partial charge in [-0.25, -0.2) is 0 Å². The molecule has 17 heavy (non-hydrogen) atoms. The summed E-state index contributed by atoms with van der Waals surface area (Å²) >= 11 is 1.25. The highest BCUT2D eigenvalue weighted by molar-refractivity contribution is 7.12. The molecule has 1 heterocycles. The van der Waals surface area contributed by atoms with Crippen molar-refractivity contribution in [2.24, 2.45) is 5.73 Å².